The molecular formula is C11H9F3N2O2. The monoisotopic (exact) mass is 258 g/mol. The van der Waals surface area contributed by atoms with E-state index in [1.165, 1.54) is 24.5 Å². The smallest absolute Gasteiger partial charge is 0.444 e. The van der Waals surface area contributed by atoms with Gasteiger partial charge in [0.1, 0.15) is 12.0 Å². The van der Waals surface area contributed by atoms with Crippen LogP contribution in [0.15, 0.2) is 34.9 Å². The Hall–Kier alpha value is -2.02. The second-order valence-electron chi connectivity index (χ2n) is 3.39. The van der Waals surface area contributed by atoms with Crippen LogP contribution >= 0.6 is 0 Å². The first-order valence-electron chi connectivity index (χ1n) is 4.99. The maximum atomic E-state index is 12.2. The molecule has 0 aliphatic carbocycles. The van der Waals surface area contributed by atoms with Crippen molar-refractivity contribution in [2.24, 2.45) is 5.73 Å². The highest BCUT2D eigenvalue weighted by atomic mass is 19.4. The lowest BCUT2D eigenvalue weighted by Gasteiger charge is -2.11. The van der Waals surface area contributed by atoms with Crippen molar-refractivity contribution in [2.75, 3.05) is 0 Å². The SMILES string of the molecule is NCc1coc(-c2ccccc2OC(F)(F)F)n1. The van der Waals surface area contributed by atoms with Gasteiger partial charge in [0, 0.05) is 6.54 Å². The van der Waals surface area contributed by atoms with Crippen LogP contribution in [0.4, 0.5) is 13.2 Å². The van der Waals surface area contributed by atoms with Gasteiger partial charge < -0.3 is 14.9 Å². The number of rotatable bonds is 3. The van der Waals surface area contributed by atoms with Crippen LogP contribution in [0.5, 0.6) is 5.75 Å². The molecule has 0 unspecified atom stereocenters. The van der Waals surface area contributed by atoms with Gasteiger partial charge in [-0.2, -0.15) is 0 Å². The molecule has 7 heteroatoms. The Balaban J connectivity index is 2.38. The minimum atomic E-state index is -4.76. The number of ether oxygens (including phenoxy) is 1. The fraction of sp³-hybridized carbons (Fsp3) is 0.182. The number of hydrogen-bond donors (Lipinski definition) is 1. The number of alkyl halides is 3. The largest absolute Gasteiger partial charge is 0.573 e. The predicted molar refractivity (Wildman–Crippen MR) is 56.5 cm³/mol. The Kier molecular flexibility index (Phi) is 3.24. The standard InChI is InChI=1S/C11H9F3N2O2/c12-11(13,14)18-9-4-2-1-3-8(9)10-16-7(5-15)6-17-10/h1-4,6H,5,15H2. The van der Waals surface area contributed by atoms with E-state index in [2.05, 4.69) is 9.72 Å². The summed E-state index contributed by atoms with van der Waals surface area (Å²) in [5.74, 6) is -0.328. The molecular weight excluding hydrogens is 249 g/mol. The van der Waals surface area contributed by atoms with Gasteiger partial charge in [-0.25, -0.2) is 4.98 Å². The molecule has 0 saturated carbocycles. The van der Waals surface area contributed by atoms with Crippen LogP contribution < -0.4 is 10.5 Å². The quantitative estimate of drug-likeness (QED) is 0.919. The number of benzene rings is 1. The average molecular weight is 258 g/mol. The molecule has 0 atom stereocenters. The second-order valence-corrected chi connectivity index (χ2v) is 3.39. The van der Waals surface area contributed by atoms with Crippen molar-refractivity contribution < 1.29 is 22.3 Å². The number of nitrogens with zero attached hydrogens (tertiary/aromatic N) is 1. The van der Waals surface area contributed by atoms with Crippen LogP contribution in [-0.2, 0) is 6.54 Å². The summed E-state index contributed by atoms with van der Waals surface area (Å²) in [6.45, 7) is 0.145. The maximum Gasteiger partial charge on any atom is 0.573 e. The Bertz CT molecular complexity index is 537. The van der Waals surface area contributed by atoms with E-state index in [1.807, 2.05) is 0 Å². The second kappa shape index (κ2) is 4.69. The minimum Gasteiger partial charge on any atom is -0.444 e. The molecule has 0 fully saturated rings. The van der Waals surface area contributed by atoms with Crippen LogP contribution in [0.25, 0.3) is 11.5 Å². The van der Waals surface area contributed by atoms with E-state index in [1.54, 1.807) is 6.07 Å². The van der Waals surface area contributed by atoms with Crippen LogP contribution in [-0.4, -0.2) is 11.3 Å². The Morgan fingerprint density at radius 2 is 2.00 bits per heavy atom. The highest BCUT2D eigenvalue weighted by molar-refractivity contribution is 5.62. The summed E-state index contributed by atoms with van der Waals surface area (Å²) in [6.07, 6.45) is -3.47. The van der Waals surface area contributed by atoms with Crippen LogP contribution in [0, 0.1) is 0 Å². The van der Waals surface area contributed by atoms with Gasteiger partial charge in [0.15, 0.2) is 0 Å². The van der Waals surface area contributed by atoms with E-state index in [-0.39, 0.29) is 23.7 Å². The summed E-state index contributed by atoms with van der Waals surface area (Å²) in [7, 11) is 0. The fourth-order valence-corrected chi connectivity index (χ4v) is 1.38. The number of halogens is 3. The minimum absolute atomic E-state index is 0.0373. The third-order valence-electron chi connectivity index (χ3n) is 2.10. The van der Waals surface area contributed by atoms with Crippen molar-refractivity contribution in [3.8, 4) is 17.2 Å². The van der Waals surface area contributed by atoms with Crippen molar-refractivity contribution >= 4 is 0 Å². The van der Waals surface area contributed by atoms with E-state index >= 15 is 0 Å². The summed E-state index contributed by atoms with van der Waals surface area (Å²) in [5.41, 5.74) is 5.92. The van der Waals surface area contributed by atoms with Gasteiger partial charge in [0.2, 0.25) is 5.89 Å². The van der Waals surface area contributed by atoms with E-state index in [9.17, 15) is 13.2 Å². The van der Waals surface area contributed by atoms with Crippen molar-refractivity contribution in [3.63, 3.8) is 0 Å². The van der Waals surface area contributed by atoms with Crippen molar-refractivity contribution in [1.29, 1.82) is 0 Å². The average Bonchev–Trinajstić information content (AvgIpc) is 2.76. The normalized spacial score (nSPS) is 11.6. The molecule has 2 rings (SSSR count). The van der Waals surface area contributed by atoms with E-state index < -0.39 is 6.36 Å². The summed E-state index contributed by atoms with van der Waals surface area (Å²) < 4.78 is 45.6. The molecule has 0 saturated heterocycles. The molecule has 18 heavy (non-hydrogen) atoms. The first-order valence-corrected chi connectivity index (χ1v) is 4.99. The number of oxazole rings is 1. The van der Waals surface area contributed by atoms with Crippen LogP contribution in [0.2, 0.25) is 0 Å². The Morgan fingerprint density at radius 1 is 1.28 bits per heavy atom. The summed E-state index contributed by atoms with van der Waals surface area (Å²) >= 11 is 0. The molecule has 1 heterocycles. The molecule has 0 aliphatic heterocycles. The zero-order valence-corrected chi connectivity index (χ0v) is 9.07. The molecule has 1 aromatic heterocycles. The molecule has 2 N–H and O–H groups in total. The van der Waals surface area contributed by atoms with Crippen LogP contribution in [0.3, 0.4) is 0 Å². The lowest BCUT2D eigenvalue weighted by atomic mass is 10.2. The summed E-state index contributed by atoms with van der Waals surface area (Å²) in [5, 5.41) is 0. The number of para-hydroxylation sites is 1. The predicted octanol–water partition coefficient (Wildman–Crippen LogP) is 2.70. The number of hydrogen-bond acceptors (Lipinski definition) is 4. The highest BCUT2D eigenvalue weighted by Gasteiger charge is 2.32. The van der Waals surface area contributed by atoms with E-state index in [4.69, 9.17) is 10.2 Å². The fourth-order valence-electron chi connectivity index (χ4n) is 1.38. The lowest BCUT2D eigenvalue weighted by Crippen LogP contribution is -2.17. The topological polar surface area (TPSA) is 61.3 Å². The third kappa shape index (κ3) is 2.80. The Labute approximate surface area is 100 Å². The number of nitrogens with two attached hydrogens (primary N) is 1. The molecule has 0 bridgehead atoms. The first-order chi connectivity index (χ1) is 8.49. The van der Waals surface area contributed by atoms with Gasteiger partial charge in [-0.15, -0.1) is 13.2 Å². The zero-order chi connectivity index (χ0) is 13.2. The van der Waals surface area contributed by atoms with Crippen molar-refractivity contribution in [1.82, 2.24) is 4.98 Å². The molecule has 0 aliphatic rings. The molecule has 0 amide bonds. The molecule has 1 aromatic carbocycles. The van der Waals surface area contributed by atoms with Crippen molar-refractivity contribution in [3.05, 3.63) is 36.2 Å². The first kappa shape index (κ1) is 12.4. The molecule has 96 valence electrons. The molecule has 2 aromatic rings. The van der Waals surface area contributed by atoms with Crippen LogP contribution in [0.1, 0.15) is 5.69 Å². The van der Waals surface area contributed by atoms with Gasteiger partial charge >= 0.3 is 6.36 Å². The molecule has 0 spiro atoms. The lowest BCUT2D eigenvalue weighted by molar-refractivity contribution is -0.274. The Morgan fingerprint density at radius 3 is 2.61 bits per heavy atom. The molecule has 4 nitrogen and oxygen atoms in total. The van der Waals surface area contributed by atoms with Gasteiger partial charge in [-0.1, -0.05) is 12.1 Å². The summed E-state index contributed by atoms with van der Waals surface area (Å²) in [6, 6.07) is 5.60. The molecule has 0 radical (unpaired) electrons. The van der Waals surface area contributed by atoms with Gasteiger partial charge in [0.05, 0.1) is 11.3 Å². The van der Waals surface area contributed by atoms with E-state index in [0.29, 0.717) is 5.69 Å². The zero-order valence-electron chi connectivity index (χ0n) is 9.07. The van der Waals surface area contributed by atoms with E-state index in [0.717, 1.165) is 0 Å². The van der Waals surface area contributed by atoms with Crippen molar-refractivity contribution in [2.45, 2.75) is 12.9 Å². The van der Waals surface area contributed by atoms with Gasteiger partial charge in [-0.3, -0.25) is 0 Å². The summed E-state index contributed by atoms with van der Waals surface area (Å²) in [4.78, 5) is 3.95. The highest BCUT2D eigenvalue weighted by Crippen LogP contribution is 2.32. The van der Waals surface area contributed by atoms with Gasteiger partial charge in [0.25, 0.3) is 0 Å². The van der Waals surface area contributed by atoms with Gasteiger partial charge in [-0.05, 0) is 12.1 Å². The number of aromatic nitrogens is 1. The maximum absolute atomic E-state index is 12.2. The third-order valence-corrected chi connectivity index (χ3v) is 2.10.